The van der Waals surface area contributed by atoms with Crippen LogP contribution in [0.3, 0.4) is 0 Å². The molecule has 3 aromatic heterocycles. The first-order valence-electron chi connectivity index (χ1n) is 7.44. The van der Waals surface area contributed by atoms with Crippen molar-refractivity contribution in [2.75, 3.05) is 0 Å². The molecule has 0 radical (unpaired) electrons. The highest BCUT2D eigenvalue weighted by atomic mass is 32.1. The lowest BCUT2D eigenvalue weighted by molar-refractivity contribution is 0.597. The highest BCUT2D eigenvalue weighted by Gasteiger charge is 2.06. The summed E-state index contributed by atoms with van der Waals surface area (Å²) in [5.41, 5.74) is 2.35. The van der Waals surface area contributed by atoms with E-state index in [4.69, 9.17) is 0 Å². The Balaban J connectivity index is 1.55. The van der Waals surface area contributed by atoms with Gasteiger partial charge in [0.05, 0.1) is 5.69 Å². The Bertz CT molecular complexity index is 712. The van der Waals surface area contributed by atoms with E-state index in [1.54, 1.807) is 22.2 Å². The molecule has 0 unspecified atom stereocenters. The minimum Gasteiger partial charge on any atom is -0.308 e. The molecule has 3 aromatic rings. The molecular formula is C15H20N6S. The van der Waals surface area contributed by atoms with Crippen LogP contribution in [0.4, 0.5) is 0 Å². The van der Waals surface area contributed by atoms with E-state index in [2.05, 4.69) is 40.5 Å². The zero-order valence-corrected chi connectivity index (χ0v) is 13.7. The number of nitrogens with zero attached hydrogens (tertiary/aromatic N) is 5. The fourth-order valence-corrected chi connectivity index (χ4v) is 3.08. The van der Waals surface area contributed by atoms with Gasteiger partial charge in [0.15, 0.2) is 0 Å². The Morgan fingerprint density at radius 2 is 2.23 bits per heavy atom. The fraction of sp³-hybridized carbons (Fsp3) is 0.400. The van der Waals surface area contributed by atoms with Crippen molar-refractivity contribution < 1.29 is 0 Å². The first-order valence-corrected chi connectivity index (χ1v) is 8.26. The molecule has 22 heavy (non-hydrogen) atoms. The molecule has 0 saturated carbocycles. The van der Waals surface area contributed by atoms with E-state index >= 15 is 0 Å². The molecule has 1 N–H and O–H groups in total. The lowest BCUT2D eigenvalue weighted by Gasteiger charge is -2.01. The quantitative estimate of drug-likeness (QED) is 0.727. The van der Waals surface area contributed by atoms with Crippen molar-refractivity contribution in [3.05, 3.63) is 47.0 Å². The predicted octanol–water partition coefficient (Wildman–Crippen LogP) is 2.53. The molecule has 3 heterocycles. The van der Waals surface area contributed by atoms with Gasteiger partial charge in [-0.1, -0.05) is 18.3 Å². The zero-order chi connectivity index (χ0) is 15.4. The maximum absolute atomic E-state index is 4.52. The van der Waals surface area contributed by atoms with Crippen molar-refractivity contribution in [1.82, 2.24) is 29.9 Å². The highest BCUT2D eigenvalue weighted by molar-refractivity contribution is 7.14. The molecule has 0 atom stereocenters. The maximum Gasteiger partial charge on any atom is 0.210 e. The van der Waals surface area contributed by atoms with Crippen molar-refractivity contribution in [3.8, 4) is 5.13 Å². The number of hydrogen-bond acceptors (Lipinski definition) is 5. The lowest BCUT2D eigenvalue weighted by atomic mass is 10.2. The summed E-state index contributed by atoms with van der Waals surface area (Å²) >= 11 is 1.65. The van der Waals surface area contributed by atoms with E-state index in [1.165, 1.54) is 10.4 Å². The topological polar surface area (TPSA) is 60.6 Å². The summed E-state index contributed by atoms with van der Waals surface area (Å²) in [5, 5.41) is 13.1. The minimum atomic E-state index is 0.803. The van der Waals surface area contributed by atoms with Crippen molar-refractivity contribution in [3.63, 3.8) is 0 Å². The Labute approximate surface area is 133 Å². The van der Waals surface area contributed by atoms with E-state index in [1.807, 2.05) is 23.1 Å². The second-order valence-corrected chi connectivity index (χ2v) is 6.26. The van der Waals surface area contributed by atoms with Crippen LogP contribution in [-0.2, 0) is 19.6 Å². The summed E-state index contributed by atoms with van der Waals surface area (Å²) in [4.78, 5) is 5.59. The van der Waals surface area contributed by atoms with Gasteiger partial charge in [-0.15, -0.1) is 0 Å². The molecule has 116 valence electrons. The van der Waals surface area contributed by atoms with Gasteiger partial charge in [-0.3, -0.25) is 4.68 Å². The average molecular weight is 316 g/mol. The van der Waals surface area contributed by atoms with E-state index in [-0.39, 0.29) is 0 Å². The summed E-state index contributed by atoms with van der Waals surface area (Å²) < 4.78 is 3.81. The number of thiazole rings is 1. The van der Waals surface area contributed by atoms with Crippen LogP contribution in [-0.4, -0.2) is 24.5 Å². The first-order chi connectivity index (χ1) is 10.8. The SMILES string of the molecule is CCCn1cc(CNCc2cnc(-n3cccn3)s2)c(C)n1. The van der Waals surface area contributed by atoms with Gasteiger partial charge in [0.1, 0.15) is 0 Å². The summed E-state index contributed by atoms with van der Waals surface area (Å²) in [6, 6.07) is 1.90. The molecule has 0 amide bonds. The molecule has 7 heteroatoms. The van der Waals surface area contributed by atoms with Crippen molar-refractivity contribution in [1.29, 1.82) is 0 Å². The van der Waals surface area contributed by atoms with Crippen LogP contribution in [0.1, 0.15) is 29.5 Å². The summed E-state index contributed by atoms with van der Waals surface area (Å²) in [7, 11) is 0. The summed E-state index contributed by atoms with van der Waals surface area (Å²) in [5.74, 6) is 0. The van der Waals surface area contributed by atoms with Crippen LogP contribution in [0.2, 0.25) is 0 Å². The molecule has 0 spiro atoms. The van der Waals surface area contributed by atoms with Gasteiger partial charge < -0.3 is 5.32 Å². The van der Waals surface area contributed by atoms with Crippen molar-refractivity contribution in [2.45, 2.75) is 39.9 Å². The smallest absolute Gasteiger partial charge is 0.210 e. The summed E-state index contributed by atoms with van der Waals surface area (Å²) in [6.07, 6.45) is 8.80. The van der Waals surface area contributed by atoms with E-state index < -0.39 is 0 Å². The van der Waals surface area contributed by atoms with E-state index in [0.717, 1.165) is 36.9 Å². The number of rotatable bonds is 7. The Morgan fingerprint density at radius 3 is 3.00 bits per heavy atom. The lowest BCUT2D eigenvalue weighted by Crippen LogP contribution is -2.12. The largest absolute Gasteiger partial charge is 0.308 e. The molecule has 0 fully saturated rings. The second-order valence-electron chi connectivity index (χ2n) is 5.17. The first kappa shape index (κ1) is 14.9. The number of nitrogens with one attached hydrogen (secondary N) is 1. The third kappa shape index (κ3) is 3.42. The predicted molar refractivity (Wildman–Crippen MR) is 87.0 cm³/mol. The van der Waals surface area contributed by atoms with Gasteiger partial charge in [-0.2, -0.15) is 10.2 Å². The Morgan fingerprint density at radius 1 is 1.32 bits per heavy atom. The monoisotopic (exact) mass is 316 g/mol. The molecule has 0 aliphatic carbocycles. The van der Waals surface area contributed by atoms with Crippen LogP contribution in [0.15, 0.2) is 30.9 Å². The van der Waals surface area contributed by atoms with Crippen molar-refractivity contribution >= 4 is 11.3 Å². The zero-order valence-electron chi connectivity index (χ0n) is 12.9. The third-order valence-corrected chi connectivity index (χ3v) is 4.34. The molecule has 3 rings (SSSR count). The third-order valence-electron chi connectivity index (χ3n) is 3.36. The van der Waals surface area contributed by atoms with Crippen LogP contribution < -0.4 is 5.32 Å². The van der Waals surface area contributed by atoms with Crippen LogP contribution >= 0.6 is 11.3 Å². The van der Waals surface area contributed by atoms with Crippen LogP contribution in [0.5, 0.6) is 0 Å². The van der Waals surface area contributed by atoms with Crippen molar-refractivity contribution in [2.24, 2.45) is 0 Å². The normalized spacial score (nSPS) is 11.2. The molecule has 0 aliphatic rings. The van der Waals surface area contributed by atoms with Gasteiger partial charge in [-0.25, -0.2) is 9.67 Å². The van der Waals surface area contributed by atoms with Crippen LogP contribution in [0, 0.1) is 6.92 Å². The standard InChI is InChI=1S/C15H20N6S/c1-3-6-20-11-13(12(2)19-20)8-16-9-14-10-17-15(22-14)21-7-4-5-18-21/h4-5,7,10-11,16H,3,6,8-9H2,1-2H3. The van der Waals surface area contributed by atoms with Gasteiger partial charge >= 0.3 is 0 Å². The number of aryl methyl sites for hydroxylation is 2. The van der Waals surface area contributed by atoms with Gasteiger partial charge in [-0.05, 0) is 19.4 Å². The molecule has 0 bridgehead atoms. The van der Waals surface area contributed by atoms with Gasteiger partial charge in [0, 0.05) is 54.9 Å². The van der Waals surface area contributed by atoms with Gasteiger partial charge in [0.25, 0.3) is 0 Å². The number of aromatic nitrogens is 5. The molecule has 6 nitrogen and oxygen atoms in total. The van der Waals surface area contributed by atoms with Gasteiger partial charge in [0.2, 0.25) is 5.13 Å². The second kappa shape index (κ2) is 6.85. The van der Waals surface area contributed by atoms with E-state index in [0.29, 0.717) is 0 Å². The van der Waals surface area contributed by atoms with E-state index in [9.17, 15) is 0 Å². The maximum atomic E-state index is 4.52. The molecule has 0 aromatic carbocycles. The minimum absolute atomic E-state index is 0.803. The molecule has 0 aliphatic heterocycles. The number of hydrogen-bond donors (Lipinski definition) is 1. The average Bonchev–Trinajstić information content (AvgIpc) is 3.21. The fourth-order valence-electron chi connectivity index (χ4n) is 2.26. The van der Waals surface area contributed by atoms with Crippen LogP contribution in [0.25, 0.3) is 5.13 Å². The Hall–Kier alpha value is -1.99. The summed E-state index contributed by atoms with van der Waals surface area (Å²) in [6.45, 7) is 6.83. The molecule has 0 saturated heterocycles. The highest BCUT2D eigenvalue weighted by Crippen LogP contribution is 2.16. The molecular weight excluding hydrogens is 296 g/mol. The Kier molecular flexibility index (Phi) is 4.65.